The minimum atomic E-state index is -0.0166. The summed E-state index contributed by atoms with van der Waals surface area (Å²) in [5, 5.41) is 0. The first-order valence-electron chi connectivity index (χ1n) is 6.64. The molecule has 0 aromatic rings. The van der Waals surface area contributed by atoms with Crippen LogP contribution in [0.3, 0.4) is 0 Å². The van der Waals surface area contributed by atoms with Crippen molar-refractivity contribution in [3.05, 3.63) is 0 Å². The fourth-order valence-corrected chi connectivity index (χ4v) is 2.85. The molecule has 0 bridgehead atoms. The number of ether oxygens (including phenoxy) is 1. The fourth-order valence-electron chi connectivity index (χ4n) is 2.85. The average Bonchev–Trinajstić information content (AvgIpc) is 2.25. The van der Waals surface area contributed by atoms with Gasteiger partial charge in [0.15, 0.2) is 0 Å². The molecule has 0 radical (unpaired) electrons. The van der Waals surface area contributed by atoms with Crippen molar-refractivity contribution < 1.29 is 9.53 Å². The highest BCUT2D eigenvalue weighted by atomic mass is 16.5. The van der Waals surface area contributed by atoms with Gasteiger partial charge in [-0.15, -0.1) is 0 Å². The number of carbonyl (C=O) groups excluding carboxylic acids is 1. The summed E-state index contributed by atoms with van der Waals surface area (Å²) in [6.45, 7) is 0.632. The first-order chi connectivity index (χ1) is 7.74. The van der Waals surface area contributed by atoms with Crippen LogP contribution in [0.2, 0.25) is 0 Å². The van der Waals surface area contributed by atoms with Gasteiger partial charge in [0.25, 0.3) is 0 Å². The van der Waals surface area contributed by atoms with Gasteiger partial charge in [-0.1, -0.05) is 12.8 Å². The lowest BCUT2D eigenvalue weighted by Gasteiger charge is -2.40. The molecule has 0 heterocycles. The molecule has 0 unspecified atom stereocenters. The smallest absolute Gasteiger partial charge is 0.306 e. The zero-order valence-electron chi connectivity index (χ0n) is 10.0. The number of nitrogens with two attached hydrogens (primary N) is 1. The van der Waals surface area contributed by atoms with Gasteiger partial charge >= 0.3 is 5.97 Å². The fraction of sp³-hybridized carbons (Fsp3) is 0.923. The second-order valence-corrected chi connectivity index (χ2v) is 5.48. The monoisotopic (exact) mass is 225 g/mol. The van der Waals surface area contributed by atoms with E-state index in [4.69, 9.17) is 10.5 Å². The van der Waals surface area contributed by atoms with E-state index in [-0.39, 0.29) is 17.5 Å². The summed E-state index contributed by atoms with van der Waals surface area (Å²) in [5.74, 6) is -0.0166. The molecular weight excluding hydrogens is 202 g/mol. The summed E-state index contributed by atoms with van der Waals surface area (Å²) in [5.41, 5.74) is 5.83. The lowest BCUT2D eigenvalue weighted by Crippen LogP contribution is -2.40. The molecule has 2 fully saturated rings. The second kappa shape index (κ2) is 5.17. The van der Waals surface area contributed by atoms with Crippen molar-refractivity contribution in [3.63, 3.8) is 0 Å². The van der Waals surface area contributed by atoms with Crippen LogP contribution in [-0.2, 0) is 9.53 Å². The highest BCUT2D eigenvalue weighted by Crippen LogP contribution is 2.43. The van der Waals surface area contributed by atoms with E-state index in [0.29, 0.717) is 13.0 Å². The molecule has 2 rings (SSSR count). The van der Waals surface area contributed by atoms with Gasteiger partial charge in [-0.05, 0) is 50.5 Å². The third-order valence-corrected chi connectivity index (χ3v) is 4.22. The van der Waals surface area contributed by atoms with E-state index >= 15 is 0 Å². The maximum Gasteiger partial charge on any atom is 0.306 e. The quantitative estimate of drug-likeness (QED) is 0.747. The lowest BCUT2D eigenvalue weighted by atomic mass is 9.67. The Labute approximate surface area is 97.7 Å². The van der Waals surface area contributed by atoms with Gasteiger partial charge in [0.2, 0.25) is 0 Å². The molecule has 0 aromatic heterocycles. The van der Waals surface area contributed by atoms with Crippen LogP contribution in [0.15, 0.2) is 0 Å². The molecule has 0 aliphatic heterocycles. The largest absolute Gasteiger partial charge is 0.462 e. The summed E-state index contributed by atoms with van der Waals surface area (Å²) in [6.07, 6.45) is 9.97. The number of hydrogen-bond donors (Lipinski definition) is 1. The van der Waals surface area contributed by atoms with Crippen molar-refractivity contribution in [2.45, 2.75) is 63.9 Å². The molecule has 3 nitrogen and oxygen atoms in total. The SMILES string of the molecule is NCC1(CC(=O)OC2CCCCC2)CCC1. The Morgan fingerprint density at radius 1 is 1.19 bits per heavy atom. The molecular formula is C13H23NO2. The van der Waals surface area contributed by atoms with Crippen LogP contribution in [0.25, 0.3) is 0 Å². The third-order valence-electron chi connectivity index (χ3n) is 4.22. The Morgan fingerprint density at radius 2 is 1.88 bits per heavy atom. The van der Waals surface area contributed by atoms with Crippen molar-refractivity contribution in [1.82, 2.24) is 0 Å². The maximum absolute atomic E-state index is 11.8. The minimum Gasteiger partial charge on any atom is -0.462 e. The van der Waals surface area contributed by atoms with Crippen LogP contribution >= 0.6 is 0 Å². The minimum absolute atomic E-state index is 0.0166. The highest BCUT2D eigenvalue weighted by Gasteiger charge is 2.38. The summed E-state index contributed by atoms with van der Waals surface area (Å²) < 4.78 is 5.53. The molecule has 92 valence electrons. The van der Waals surface area contributed by atoms with Crippen LogP contribution in [0, 0.1) is 5.41 Å². The van der Waals surface area contributed by atoms with Gasteiger partial charge < -0.3 is 10.5 Å². The lowest BCUT2D eigenvalue weighted by molar-refractivity contribution is -0.154. The summed E-state index contributed by atoms with van der Waals surface area (Å²) in [4.78, 5) is 11.8. The first-order valence-corrected chi connectivity index (χ1v) is 6.64. The zero-order chi connectivity index (χ0) is 11.4. The number of carbonyl (C=O) groups is 1. The van der Waals surface area contributed by atoms with Crippen molar-refractivity contribution in [3.8, 4) is 0 Å². The standard InChI is InChI=1S/C13H23NO2/c14-10-13(7-4-8-13)9-12(15)16-11-5-2-1-3-6-11/h11H,1-10,14H2. The molecule has 0 aromatic carbocycles. The third kappa shape index (κ3) is 2.76. The molecule has 0 spiro atoms. The Hall–Kier alpha value is -0.570. The molecule has 2 saturated carbocycles. The molecule has 0 amide bonds. The molecule has 0 atom stereocenters. The number of rotatable bonds is 4. The van der Waals surface area contributed by atoms with Crippen LogP contribution in [0.4, 0.5) is 0 Å². The summed E-state index contributed by atoms with van der Waals surface area (Å²) in [7, 11) is 0. The van der Waals surface area contributed by atoms with Gasteiger partial charge in [-0.25, -0.2) is 0 Å². The van der Waals surface area contributed by atoms with Gasteiger partial charge in [-0.3, -0.25) is 4.79 Å². The number of esters is 1. The van der Waals surface area contributed by atoms with Gasteiger partial charge in [0, 0.05) is 0 Å². The average molecular weight is 225 g/mol. The predicted molar refractivity (Wildman–Crippen MR) is 62.9 cm³/mol. The molecule has 2 aliphatic rings. The van der Waals surface area contributed by atoms with E-state index in [1.807, 2.05) is 0 Å². The Kier molecular flexibility index (Phi) is 3.85. The van der Waals surface area contributed by atoms with E-state index in [9.17, 15) is 4.79 Å². The molecule has 16 heavy (non-hydrogen) atoms. The van der Waals surface area contributed by atoms with Gasteiger partial charge in [0.1, 0.15) is 6.10 Å². The molecule has 2 aliphatic carbocycles. The normalized spacial score (nSPS) is 24.8. The Bertz CT molecular complexity index is 237. The van der Waals surface area contributed by atoms with Gasteiger partial charge in [-0.2, -0.15) is 0 Å². The highest BCUT2D eigenvalue weighted by molar-refractivity contribution is 5.70. The molecule has 0 saturated heterocycles. The topological polar surface area (TPSA) is 52.3 Å². The first kappa shape index (κ1) is 11.9. The molecule has 2 N–H and O–H groups in total. The Balaban J connectivity index is 1.74. The van der Waals surface area contributed by atoms with Crippen molar-refractivity contribution in [2.24, 2.45) is 11.1 Å². The molecule has 3 heteroatoms. The van der Waals surface area contributed by atoms with Crippen LogP contribution in [-0.4, -0.2) is 18.6 Å². The van der Waals surface area contributed by atoms with Crippen LogP contribution in [0.1, 0.15) is 57.8 Å². The van der Waals surface area contributed by atoms with E-state index in [0.717, 1.165) is 25.7 Å². The zero-order valence-corrected chi connectivity index (χ0v) is 10.0. The Morgan fingerprint density at radius 3 is 2.38 bits per heavy atom. The second-order valence-electron chi connectivity index (χ2n) is 5.48. The van der Waals surface area contributed by atoms with E-state index in [2.05, 4.69) is 0 Å². The van der Waals surface area contributed by atoms with E-state index in [1.54, 1.807) is 0 Å². The van der Waals surface area contributed by atoms with Crippen molar-refractivity contribution in [1.29, 1.82) is 0 Å². The van der Waals surface area contributed by atoms with Crippen LogP contribution < -0.4 is 5.73 Å². The summed E-state index contributed by atoms with van der Waals surface area (Å²) in [6, 6.07) is 0. The van der Waals surface area contributed by atoms with Crippen molar-refractivity contribution in [2.75, 3.05) is 6.54 Å². The van der Waals surface area contributed by atoms with E-state index < -0.39 is 0 Å². The van der Waals surface area contributed by atoms with Crippen molar-refractivity contribution >= 4 is 5.97 Å². The predicted octanol–water partition coefficient (Wildman–Crippen LogP) is 2.38. The summed E-state index contributed by atoms with van der Waals surface area (Å²) >= 11 is 0. The van der Waals surface area contributed by atoms with E-state index in [1.165, 1.54) is 25.7 Å². The van der Waals surface area contributed by atoms with Crippen LogP contribution in [0.5, 0.6) is 0 Å². The number of hydrogen-bond acceptors (Lipinski definition) is 3. The maximum atomic E-state index is 11.8. The van der Waals surface area contributed by atoms with Gasteiger partial charge in [0.05, 0.1) is 6.42 Å².